The number of aromatic nitrogens is 6. The molecule has 0 aliphatic rings. The maximum atomic E-state index is 8.13. The van der Waals surface area contributed by atoms with Gasteiger partial charge in [-0.25, -0.2) is 9.83 Å². The molecule has 7 heteroatoms. The van der Waals surface area contributed by atoms with E-state index in [4.69, 9.17) is 21.5 Å². The minimum atomic E-state index is 0.474. The van der Waals surface area contributed by atoms with E-state index >= 15 is 0 Å². The van der Waals surface area contributed by atoms with Crippen LogP contribution in [0.1, 0.15) is 0 Å². The van der Waals surface area contributed by atoms with Crippen LogP contribution in [0.15, 0.2) is 188 Å². The van der Waals surface area contributed by atoms with Gasteiger partial charge in [0.15, 0.2) is 17.3 Å². The molecule has 0 saturated carbocycles. The average Bonchev–Trinajstić information content (AvgIpc) is 3.94. The molecule has 12 aromatic rings. The van der Waals surface area contributed by atoms with Crippen molar-refractivity contribution in [2.45, 2.75) is 0 Å². The van der Waals surface area contributed by atoms with Gasteiger partial charge in [0, 0.05) is 49.1 Å². The summed E-state index contributed by atoms with van der Waals surface area (Å²) in [5, 5.41) is 6.88. The highest BCUT2D eigenvalue weighted by molar-refractivity contribution is 6.19. The Morgan fingerprint density at radius 3 is 1.47 bits per heavy atom. The predicted octanol–water partition coefficient (Wildman–Crippen LogP) is 13.0. The van der Waals surface area contributed by atoms with E-state index in [0.717, 1.165) is 77.1 Å². The van der Waals surface area contributed by atoms with Gasteiger partial charge in [0.05, 0.1) is 45.4 Å². The normalized spacial score (nSPS) is 11.7. The summed E-state index contributed by atoms with van der Waals surface area (Å²) >= 11 is 0. The lowest BCUT2D eigenvalue weighted by Crippen LogP contribution is -2.07. The van der Waals surface area contributed by atoms with Gasteiger partial charge in [-0.1, -0.05) is 127 Å². The second-order valence-corrected chi connectivity index (χ2v) is 14.8. The average molecular weight is 754 g/mol. The van der Waals surface area contributed by atoms with Gasteiger partial charge in [-0.05, 0) is 60.7 Å². The SMILES string of the molecule is [C-]#[N+]c1ccc(-n2c3ccccc3c3cc4c5ccccc5n(-c5ccccc5)c4cc32)c(-c2nc(-c3ccccc3)nc(-n3c4ccccc4c4ccccc43)n2)c1. The second kappa shape index (κ2) is 12.8. The molecule has 0 amide bonds. The van der Waals surface area contributed by atoms with Crippen LogP contribution < -0.4 is 0 Å². The minimum Gasteiger partial charge on any atom is -0.309 e. The van der Waals surface area contributed by atoms with Crippen molar-refractivity contribution in [3.63, 3.8) is 0 Å². The summed E-state index contributed by atoms with van der Waals surface area (Å²) < 4.78 is 6.79. The van der Waals surface area contributed by atoms with Crippen molar-refractivity contribution < 1.29 is 0 Å². The molecular formula is C52H31N7. The van der Waals surface area contributed by atoms with Crippen molar-refractivity contribution in [2.24, 2.45) is 0 Å². The molecule has 8 aromatic carbocycles. The standard InChI is InChI=1S/C52H31N7/c1-53-34-28-29-47(58-44-25-13-11-23-39(44)41-31-40-38-22-10-12-24-43(38)57(48(40)32-49(41)58)35-18-6-3-7-19-35)42(30-34)51-54-50(33-16-4-2-5-17-33)55-52(56-51)59-45-26-14-8-20-36(45)37-21-9-15-27-46(37)59/h2-32H. The predicted molar refractivity (Wildman–Crippen MR) is 240 cm³/mol. The van der Waals surface area contributed by atoms with Crippen molar-refractivity contribution in [3.05, 3.63) is 199 Å². The summed E-state index contributed by atoms with van der Waals surface area (Å²) in [7, 11) is 0. The van der Waals surface area contributed by atoms with Gasteiger partial charge in [0.25, 0.3) is 0 Å². The van der Waals surface area contributed by atoms with E-state index in [9.17, 15) is 0 Å². The minimum absolute atomic E-state index is 0.474. The third kappa shape index (κ3) is 4.97. The molecule has 12 rings (SSSR count). The zero-order chi connectivity index (χ0) is 39.0. The number of para-hydroxylation sites is 5. The van der Waals surface area contributed by atoms with Crippen LogP contribution in [-0.2, 0) is 0 Å². The first-order valence-electron chi connectivity index (χ1n) is 19.6. The van der Waals surface area contributed by atoms with Gasteiger partial charge in [-0.2, -0.15) is 9.97 Å². The summed E-state index contributed by atoms with van der Waals surface area (Å²) in [6, 6.07) is 65.0. The van der Waals surface area contributed by atoms with Crippen molar-refractivity contribution in [2.75, 3.05) is 0 Å². The summed E-state index contributed by atoms with van der Waals surface area (Å²) in [6.45, 7) is 8.13. The van der Waals surface area contributed by atoms with Crippen LogP contribution >= 0.6 is 0 Å². The molecule has 0 unspecified atom stereocenters. The van der Waals surface area contributed by atoms with Crippen molar-refractivity contribution in [1.82, 2.24) is 28.7 Å². The largest absolute Gasteiger partial charge is 0.309 e. The molecule has 274 valence electrons. The Labute approximate surface area is 338 Å². The van der Waals surface area contributed by atoms with Crippen LogP contribution in [0.2, 0.25) is 0 Å². The quantitative estimate of drug-likeness (QED) is 0.164. The zero-order valence-electron chi connectivity index (χ0n) is 31.5. The summed E-state index contributed by atoms with van der Waals surface area (Å²) in [6.07, 6.45) is 0. The topological polar surface area (TPSA) is 57.8 Å². The maximum absolute atomic E-state index is 8.13. The van der Waals surface area contributed by atoms with Crippen LogP contribution in [0, 0.1) is 6.57 Å². The Kier molecular flexibility index (Phi) is 7.16. The number of fused-ring (bicyclic) bond motifs is 9. The van der Waals surface area contributed by atoms with Crippen LogP contribution in [0.25, 0.3) is 110 Å². The third-order valence-corrected chi connectivity index (χ3v) is 11.5. The van der Waals surface area contributed by atoms with E-state index in [-0.39, 0.29) is 0 Å². The fourth-order valence-corrected chi connectivity index (χ4v) is 8.95. The molecule has 0 aliphatic heterocycles. The zero-order valence-corrected chi connectivity index (χ0v) is 31.5. The van der Waals surface area contributed by atoms with Gasteiger partial charge in [0.2, 0.25) is 5.95 Å². The van der Waals surface area contributed by atoms with E-state index in [1.165, 1.54) is 10.8 Å². The summed E-state index contributed by atoms with van der Waals surface area (Å²) in [5.74, 6) is 1.52. The number of nitrogens with zero attached hydrogens (tertiary/aromatic N) is 7. The van der Waals surface area contributed by atoms with E-state index in [1.54, 1.807) is 0 Å². The Hall–Kier alpha value is -8.34. The summed E-state index contributed by atoms with van der Waals surface area (Å²) in [5.41, 5.74) is 10.4. The highest BCUT2D eigenvalue weighted by atomic mass is 15.2. The Morgan fingerprint density at radius 1 is 0.373 bits per heavy atom. The second-order valence-electron chi connectivity index (χ2n) is 14.8. The molecular weight excluding hydrogens is 723 g/mol. The van der Waals surface area contributed by atoms with E-state index in [0.29, 0.717) is 23.3 Å². The fraction of sp³-hybridized carbons (Fsp3) is 0. The van der Waals surface area contributed by atoms with Crippen LogP contribution in [-0.4, -0.2) is 28.7 Å². The number of rotatable bonds is 5. The lowest BCUT2D eigenvalue weighted by Gasteiger charge is -2.16. The fourth-order valence-electron chi connectivity index (χ4n) is 8.95. The van der Waals surface area contributed by atoms with Gasteiger partial charge in [-0.15, -0.1) is 0 Å². The van der Waals surface area contributed by atoms with E-state index in [2.05, 4.69) is 146 Å². The molecule has 4 aromatic heterocycles. The highest BCUT2D eigenvalue weighted by Crippen LogP contribution is 2.42. The Balaban J connectivity index is 1.19. The van der Waals surface area contributed by atoms with Crippen LogP contribution in [0.4, 0.5) is 5.69 Å². The molecule has 0 spiro atoms. The lowest BCUT2D eigenvalue weighted by molar-refractivity contribution is 0.952. The first kappa shape index (κ1) is 32.9. The molecule has 0 saturated heterocycles. The molecule has 0 N–H and O–H groups in total. The smallest absolute Gasteiger partial charge is 0.238 e. The van der Waals surface area contributed by atoms with Crippen molar-refractivity contribution in [3.8, 4) is 40.1 Å². The highest BCUT2D eigenvalue weighted by Gasteiger charge is 2.23. The van der Waals surface area contributed by atoms with Gasteiger partial charge in [-0.3, -0.25) is 4.57 Å². The molecule has 7 nitrogen and oxygen atoms in total. The number of hydrogen-bond donors (Lipinski definition) is 0. The molecule has 4 heterocycles. The first-order valence-corrected chi connectivity index (χ1v) is 19.6. The number of benzene rings is 8. The Bertz CT molecular complexity index is 3630. The van der Waals surface area contributed by atoms with E-state index < -0.39 is 0 Å². The number of hydrogen-bond acceptors (Lipinski definition) is 3. The molecule has 0 atom stereocenters. The monoisotopic (exact) mass is 753 g/mol. The lowest BCUT2D eigenvalue weighted by atomic mass is 10.1. The Morgan fingerprint density at radius 2 is 0.864 bits per heavy atom. The van der Waals surface area contributed by atoms with Gasteiger partial charge < -0.3 is 9.13 Å². The molecule has 0 aliphatic carbocycles. The molecule has 0 radical (unpaired) electrons. The molecule has 0 bridgehead atoms. The molecule has 59 heavy (non-hydrogen) atoms. The first-order chi connectivity index (χ1) is 29.2. The van der Waals surface area contributed by atoms with Crippen LogP contribution in [0.5, 0.6) is 0 Å². The van der Waals surface area contributed by atoms with Crippen molar-refractivity contribution in [1.29, 1.82) is 0 Å². The van der Waals surface area contributed by atoms with Gasteiger partial charge in [0.1, 0.15) is 0 Å². The third-order valence-electron chi connectivity index (χ3n) is 11.5. The van der Waals surface area contributed by atoms with Crippen molar-refractivity contribution >= 4 is 71.1 Å². The summed E-state index contributed by atoms with van der Waals surface area (Å²) in [4.78, 5) is 19.6. The van der Waals surface area contributed by atoms with E-state index in [1.807, 2.05) is 60.7 Å². The van der Waals surface area contributed by atoms with Crippen LogP contribution in [0.3, 0.4) is 0 Å². The molecule has 0 fully saturated rings. The maximum Gasteiger partial charge on any atom is 0.238 e. The van der Waals surface area contributed by atoms with Gasteiger partial charge >= 0.3 is 0 Å².